The second kappa shape index (κ2) is 6.54. The molecule has 0 saturated heterocycles. The van der Waals surface area contributed by atoms with Gasteiger partial charge in [0.1, 0.15) is 11.6 Å². The van der Waals surface area contributed by atoms with Gasteiger partial charge in [-0.1, -0.05) is 12.1 Å². The van der Waals surface area contributed by atoms with Gasteiger partial charge in [-0.2, -0.15) is 0 Å². The summed E-state index contributed by atoms with van der Waals surface area (Å²) in [6.45, 7) is 6.63. The predicted octanol–water partition coefficient (Wildman–Crippen LogP) is 4.66. The molecule has 1 N–H and O–H groups in total. The van der Waals surface area contributed by atoms with E-state index in [1.165, 1.54) is 6.07 Å². The van der Waals surface area contributed by atoms with E-state index in [2.05, 4.69) is 26.2 Å². The van der Waals surface area contributed by atoms with Crippen LogP contribution in [0.5, 0.6) is 11.6 Å². The van der Waals surface area contributed by atoms with E-state index in [0.717, 1.165) is 10.7 Å². The average Bonchev–Trinajstić information content (AvgIpc) is 2.40. The van der Waals surface area contributed by atoms with Crippen molar-refractivity contribution in [3.8, 4) is 11.6 Å². The third kappa shape index (κ3) is 4.79. The molecule has 0 spiro atoms. The minimum Gasteiger partial charge on any atom is -0.438 e. The first-order chi connectivity index (χ1) is 9.85. The molecule has 2 rings (SSSR count). The summed E-state index contributed by atoms with van der Waals surface area (Å²) in [5.74, 6) is 0.675. The quantitative estimate of drug-likeness (QED) is 0.868. The molecule has 0 radical (unpaired) electrons. The zero-order valence-corrected chi connectivity index (χ0v) is 13.9. The van der Waals surface area contributed by atoms with Crippen LogP contribution < -0.4 is 10.1 Å². The van der Waals surface area contributed by atoms with Crippen molar-refractivity contribution in [2.75, 3.05) is 0 Å². The molecule has 0 amide bonds. The van der Waals surface area contributed by atoms with Crippen LogP contribution in [0.1, 0.15) is 26.3 Å². The van der Waals surface area contributed by atoms with E-state index in [-0.39, 0.29) is 11.4 Å². The Labute approximate surface area is 132 Å². The van der Waals surface area contributed by atoms with Crippen molar-refractivity contribution in [2.45, 2.75) is 32.9 Å². The molecule has 1 aromatic heterocycles. The predicted molar refractivity (Wildman–Crippen MR) is 85.0 cm³/mol. The minimum atomic E-state index is -0.375. The molecule has 0 unspecified atom stereocenters. The van der Waals surface area contributed by atoms with Crippen LogP contribution >= 0.6 is 15.9 Å². The molecular formula is C16H18BrFN2O. The number of halogens is 2. The van der Waals surface area contributed by atoms with Gasteiger partial charge in [-0.3, -0.25) is 0 Å². The van der Waals surface area contributed by atoms with Gasteiger partial charge in [0, 0.05) is 17.6 Å². The van der Waals surface area contributed by atoms with Crippen LogP contribution in [0.2, 0.25) is 0 Å². The zero-order valence-electron chi connectivity index (χ0n) is 12.3. The molecule has 0 fully saturated rings. The summed E-state index contributed by atoms with van der Waals surface area (Å²) in [5, 5.41) is 3.31. The molecule has 0 aliphatic heterocycles. The van der Waals surface area contributed by atoms with Crippen LogP contribution in [0.4, 0.5) is 4.39 Å². The number of rotatable bonds is 4. The summed E-state index contributed by atoms with van der Waals surface area (Å²) >= 11 is 3.42. The van der Waals surface area contributed by atoms with Gasteiger partial charge in [-0.15, -0.1) is 0 Å². The molecule has 0 bridgehead atoms. The van der Waals surface area contributed by atoms with Crippen molar-refractivity contribution in [2.24, 2.45) is 0 Å². The summed E-state index contributed by atoms with van der Waals surface area (Å²) in [7, 11) is 0. The number of para-hydroxylation sites is 1. The maximum absolute atomic E-state index is 13.4. The molecular weight excluding hydrogens is 335 g/mol. The van der Waals surface area contributed by atoms with Gasteiger partial charge in [0.25, 0.3) is 0 Å². The Bertz CT molecular complexity index is 626. The van der Waals surface area contributed by atoms with Gasteiger partial charge in [0.15, 0.2) is 0 Å². The molecule has 112 valence electrons. The maximum atomic E-state index is 13.4. The lowest BCUT2D eigenvalue weighted by Crippen LogP contribution is -2.35. The van der Waals surface area contributed by atoms with E-state index in [1.807, 2.05) is 45.0 Å². The number of pyridine rings is 1. The number of nitrogens with one attached hydrogen (secondary N) is 1. The molecule has 5 heteroatoms. The Morgan fingerprint density at radius 1 is 1.29 bits per heavy atom. The van der Waals surface area contributed by atoms with Gasteiger partial charge in [0.05, 0.1) is 10.7 Å². The Morgan fingerprint density at radius 3 is 2.67 bits per heavy atom. The van der Waals surface area contributed by atoms with Crippen molar-refractivity contribution in [1.29, 1.82) is 0 Å². The maximum Gasteiger partial charge on any atom is 0.223 e. The molecule has 0 aliphatic carbocycles. The molecule has 0 aliphatic rings. The minimum absolute atomic E-state index is 0.0725. The van der Waals surface area contributed by atoms with Gasteiger partial charge >= 0.3 is 0 Å². The van der Waals surface area contributed by atoms with Crippen LogP contribution in [0, 0.1) is 5.82 Å². The van der Waals surface area contributed by atoms with E-state index in [1.54, 1.807) is 0 Å². The van der Waals surface area contributed by atoms with Crippen LogP contribution in [0.3, 0.4) is 0 Å². The lowest BCUT2D eigenvalue weighted by atomic mass is 10.1. The first-order valence-corrected chi connectivity index (χ1v) is 7.46. The summed E-state index contributed by atoms with van der Waals surface area (Å²) in [5.41, 5.74) is 0.609. The second-order valence-corrected chi connectivity index (χ2v) is 6.61. The van der Waals surface area contributed by atoms with Crippen molar-refractivity contribution in [3.63, 3.8) is 0 Å². The second-order valence-electron chi connectivity index (χ2n) is 5.75. The van der Waals surface area contributed by atoms with Gasteiger partial charge < -0.3 is 10.1 Å². The van der Waals surface area contributed by atoms with Crippen LogP contribution in [0.15, 0.2) is 41.0 Å². The number of aromatic nitrogens is 1. The average molecular weight is 353 g/mol. The molecule has 0 saturated carbocycles. The molecule has 21 heavy (non-hydrogen) atoms. The topological polar surface area (TPSA) is 34.2 Å². The van der Waals surface area contributed by atoms with Crippen LogP contribution in [0.25, 0.3) is 0 Å². The summed E-state index contributed by atoms with van der Waals surface area (Å²) in [4.78, 5) is 4.06. The Hall–Kier alpha value is -1.46. The van der Waals surface area contributed by atoms with Crippen molar-refractivity contribution >= 4 is 15.9 Å². The fraction of sp³-hybridized carbons (Fsp3) is 0.312. The van der Waals surface area contributed by atoms with Crippen LogP contribution in [-0.4, -0.2) is 10.5 Å². The van der Waals surface area contributed by atoms with E-state index in [9.17, 15) is 4.39 Å². The standard InChI is InChI=1S/C16H18BrFN2O/c1-16(2,3)20-9-11-8-12(18)10-19-15(11)21-14-7-5-4-6-13(14)17/h4-8,10,20H,9H2,1-3H3. The fourth-order valence-electron chi connectivity index (χ4n) is 1.68. The normalized spacial score (nSPS) is 11.5. The third-order valence-corrected chi connectivity index (χ3v) is 3.40. The van der Waals surface area contributed by atoms with Gasteiger partial charge in [-0.05, 0) is 54.9 Å². The highest BCUT2D eigenvalue weighted by Crippen LogP contribution is 2.30. The van der Waals surface area contributed by atoms with E-state index in [0.29, 0.717) is 23.7 Å². The van der Waals surface area contributed by atoms with Crippen molar-refractivity contribution in [1.82, 2.24) is 10.3 Å². The molecule has 1 aromatic carbocycles. The highest BCUT2D eigenvalue weighted by Gasteiger charge is 2.14. The number of ether oxygens (including phenoxy) is 1. The number of hydrogen-bond donors (Lipinski definition) is 1. The highest BCUT2D eigenvalue weighted by molar-refractivity contribution is 9.10. The fourth-order valence-corrected chi connectivity index (χ4v) is 2.04. The number of nitrogens with zero attached hydrogens (tertiary/aromatic N) is 1. The summed E-state index contributed by atoms with van der Waals surface area (Å²) < 4.78 is 20.1. The number of benzene rings is 1. The largest absolute Gasteiger partial charge is 0.438 e. The smallest absolute Gasteiger partial charge is 0.223 e. The number of hydrogen-bond acceptors (Lipinski definition) is 3. The lowest BCUT2D eigenvalue weighted by molar-refractivity contribution is 0.406. The molecule has 0 atom stereocenters. The Morgan fingerprint density at radius 2 is 2.00 bits per heavy atom. The van der Waals surface area contributed by atoms with Crippen molar-refractivity contribution < 1.29 is 9.13 Å². The Balaban J connectivity index is 2.25. The molecule has 1 heterocycles. The van der Waals surface area contributed by atoms with E-state index in [4.69, 9.17) is 4.74 Å². The summed E-state index contributed by atoms with van der Waals surface area (Å²) in [6.07, 6.45) is 1.16. The Kier molecular flexibility index (Phi) is 4.96. The summed E-state index contributed by atoms with van der Waals surface area (Å²) in [6, 6.07) is 8.92. The zero-order chi connectivity index (χ0) is 15.5. The molecule has 2 aromatic rings. The first kappa shape index (κ1) is 15.9. The van der Waals surface area contributed by atoms with E-state index < -0.39 is 0 Å². The SMILES string of the molecule is CC(C)(C)NCc1cc(F)cnc1Oc1ccccc1Br. The highest BCUT2D eigenvalue weighted by atomic mass is 79.9. The molecule has 3 nitrogen and oxygen atoms in total. The third-order valence-electron chi connectivity index (χ3n) is 2.74. The monoisotopic (exact) mass is 352 g/mol. The first-order valence-electron chi connectivity index (χ1n) is 6.67. The van der Waals surface area contributed by atoms with Gasteiger partial charge in [0.2, 0.25) is 5.88 Å². The van der Waals surface area contributed by atoms with Gasteiger partial charge in [-0.25, -0.2) is 9.37 Å². The van der Waals surface area contributed by atoms with Crippen molar-refractivity contribution in [3.05, 3.63) is 52.4 Å². The lowest BCUT2D eigenvalue weighted by Gasteiger charge is -2.21. The van der Waals surface area contributed by atoms with Crippen LogP contribution in [-0.2, 0) is 6.54 Å². The van der Waals surface area contributed by atoms with E-state index >= 15 is 0 Å².